The molecule has 0 aliphatic carbocycles. The van der Waals surface area contributed by atoms with Crippen LogP contribution in [-0.2, 0) is 24.8 Å². The summed E-state index contributed by atoms with van der Waals surface area (Å²) >= 11 is 0. The molecule has 11 heteroatoms. The van der Waals surface area contributed by atoms with E-state index < -0.39 is 32.5 Å². The molecule has 1 fully saturated rings. The van der Waals surface area contributed by atoms with Crippen LogP contribution in [0.15, 0.2) is 53.4 Å². The molecule has 0 bridgehead atoms. The normalized spacial score (nSPS) is 15.4. The van der Waals surface area contributed by atoms with Crippen molar-refractivity contribution in [3.63, 3.8) is 0 Å². The third-order valence-corrected chi connectivity index (χ3v) is 8.58. The zero-order valence-corrected chi connectivity index (χ0v) is 21.9. The number of hydrogen-bond acceptors (Lipinski definition) is 6. The third-order valence-electron chi connectivity index (χ3n) is 5.52. The number of amides is 1. The molecule has 0 aromatic heterocycles. The lowest BCUT2D eigenvalue weighted by atomic mass is 10.2. The largest absolute Gasteiger partial charge is 0.491 e. The molecule has 1 heterocycles. The molecule has 0 saturated carbocycles. The Morgan fingerprint density at radius 3 is 2.03 bits per heavy atom. The summed E-state index contributed by atoms with van der Waals surface area (Å²) in [4.78, 5) is 12.8. The van der Waals surface area contributed by atoms with Crippen molar-refractivity contribution in [2.45, 2.75) is 50.5 Å². The highest BCUT2D eigenvalue weighted by atomic mass is 32.2. The summed E-state index contributed by atoms with van der Waals surface area (Å²) < 4.78 is 58.7. The van der Waals surface area contributed by atoms with Crippen molar-refractivity contribution >= 4 is 37.3 Å². The maximum Gasteiger partial charge on any atom is 0.245 e. The Bertz CT molecular complexity index is 1200. The number of sulfonamides is 2. The summed E-state index contributed by atoms with van der Waals surface area (Å²) in [5.41, 5.74) is 0.705. The maximum absolute atomic E-state index is 12.9. The van der Waals surface area contributed by atoms with E-state index in [-0.39, 0.29) is 11.0 Å². The van der Waals surface area contributed by atoms with Crippen LogP contribution in [0, 0.1) is 0 Å². The molecule has 0 unspecified atom stereocenters. The van der Waals surface area contributed by atoms with Gasteiger partial charge in [0.15, 0.2) is 0 Å². The number of ether oxygens (including phenoxy) is 1. The minimum Gasteiger partial charge on any atom is -0.491 e. The number of nitrogens with zero attached hydrogens (tertiary/aromatic N) is 2. The fourth-order valence-electron chi connectivity index (χ4n) is 3.84. The zero-order valence-electron chi connectivity index (χ0n) is 20.3. The van der Waals surface area contributed by atoms with E-state index in [9.17, 15) is 21.6 Å². The first-order valence-electron chi connectivity index (χ1n) is 11.6. The molecule has 2 aromatic rings. The second-order valence-corrected chi connectivity index (χ2v) is 12.7. The minimum absolute atomic E-state index is 0.0247. The van der Waals surface area contributed by atoms with Crippen LogP contribution in [0.25, 0.3) is 0 Å². The topological polar surface area (TPSA) is 113 Å². The van der Waals surface area contributed by atoms with E-state index in [0.29, 0.717) is 30.2 Å². The average molecular weight is 524 g/mol. The van der Waals surface area contributed by atoms with Gasteiger partial charge < -0.3 is 10.1 Å². The van der Waals surface area contributed by atoms with Crippen molar-refractivity contribution in [2.75, 3.05) is 35.5 Å². The van der Waals surface area contributed by atoms with Crippen molar-refractivity contribution in [3.8, 4) is 5.75 Å². The molecule has 0 radical (unpaired) electrons. The first kappa shape index (κ1) is 27.0. The lowest BCUT2D eigenvalue weighted by Gasteiger charge is -2.22. The Morgan fingerprint density at radius 1 is 0.943 bits per heavy atom. The molecule has 3 rings (SSSR count). The van der Waals surface area contributed by atoms with E-state index in [1.54, 1.807) is 24.3 Å². The summed E-state index contributed by atoms with van der Waals surface area (Å²) in [5, 5.41) is 2.64. The number of hydrogen-bond donors (Lipinski definition) is 1. The van der Waals surface area contributed by atoms with Crippen molar-refractivity contribution in [3.05, 3.63) is 48.5 Å². The number of carbonyl (C=O) groups is 1. The molecule has 192 valence electrons. The van der Waals surface area contributed by atoms with E-state index in [1.807, 2.05) is 13.8 Å². The minimum atomic E-state index is -3.74. The van der Waals surface area contributed by atoms with Crippen molar-refractivity contribution in [1.82, 2.24) is 4.31 Å². The van der Waals surface area contributed by atoms with Crippen LogP contribution >= 0.6 is 0 Å². The summed E-state index contributed by atoms with van der Waals surface area (Å²) in [5.74, 6) is 0.0397. The number of benzene rings is 2. The number of carbonyl (C=O) groups excluding carboxylic acids is 1. The predicted octanol–water partition coefficient (Wildman–Crippen LogP) is 3.44. The Labute approximate surface area is 208 Å². The van der Waals surface area contributed by atoms with Gasteiger partial charge in [-0.25, -0.2) is 16.8 Å². The zero-order chi connectivity index (χ0) is 25.6. The molecule has 2 aromatic carbocycles. The molecule has 0 atom stereocenters. The first-order chi connectivity index (χ1) is 16.5. The van der Waals surface area contributed by atoms with Crippen LogP contribution in [0.1, 0.15) is 39.5 Å². The van der Waals surface area contributed by atoms with Gasteiger partial charge >= 0.3 is 0 Å². The highest BCUT2D eigenvalue weighted by Crippen LogP contribution is 2.24. The van der Waals surface area contributed by atoms with Gasteiger partial charge in [-0.15, -0.1) is 0 Å². The van der Waals surface area contributed by atoms with Crippen molar-refractivity contribution in [2.24, 2.45) is 0 Å². The van der Waals surface area contributed by atoms with Crippen LogP contribution in [0.4, 0.5) is 11.4 Å². The summed E-state index contributed by atoms with van der Waals surface area (Å²) in [7, 11) is -7.33. The Balaban J connectivity index is 1.69. The Kier molecular flexibility index (Phi) is 8.79. The van der Waals surface area contributed by atoms with Crippen molar-refractivity contribution < 1.29 is 26.4 Å². The molecule has 35 heavy (non-hydrogen) atoms. The van der Waals surface area contributed by atoms with Gasteiger partial charge in [0.2, 0.25) is 26.0 Å². The van der Waals surface area contributed by atoms with E-state index in [4.69, 9.17) is 4.74 Å². The standard InChI is InChI=1S/C24H33N3O6S2/c1-19(2)33-22-12-10-21(11-13-22)27(34(3,29)30)18-24(28)25-20-8-14-23(15-9-20)35(31,32)26-16-6-4-5-7-17-26/h8-15,19H,4-7,16-18H2,1-3H3,(H,25,28). The summed E-state index contributed by atoms with van der Waals surface area (Å²) in [6.45, 7) is 4.35. The molecule has 1 amide bonds. The Morgan fingerprint density at radius 2 is 1.51 bits per heavy atom. The molecular weight excluding hydrogens is 490 g/mol. The lowest BCUT2D eigenvalue weighted by Crippen LogP contribution is -2.37. The van der Waals surface area contributed by atoms with E-state index in [0.717, 1.165) is 36.2 Å². The smallest absolute Gasteiger partial charge is 0.245 e. The van der Waals surface area contributed by atoms with Gasteiger partial charge in [0.05, 0.1) is 22.9 Å². The van der Waals surface area contributed by atoms with Crippen LogP contribution in [0.3, 0.4) is 0 Å². The van der Waals surface area contributed by atoms with Gasteiger partial charge in [0.25, 0.3) is 0 Å². The fraction of sp³-hybridized carbons (Fsp3) is 0.458. The van der Waals surface area contributed by atoms with Gasteiger partial charge in [-0.05, 0) is 75.2 Å². The SMILES string of the molecule is CC(C)Oc1ccc(N(CC(=O)Nc2ccc(S(=O)(=O)N3CCCCCC3)cc2)S(C)(=O)=O)cc1. The van der Waals surface area contributed by atoms with Crippen LogP contribution in [-0.4, -0.2) is 59.0 Å². The molecular formula is C24H33N3O6S2. The van der Waals surface area contributed by atoms with Gasteiger partial charge in [-0.2, -0.15) is 4.31 Å². The molecule has 0 spiro atoms. The van der Waals surface area contributed by atoms with E-state index >= 15 is 0 Å². The third kappa shape index (κ3) is 7.42. The molecule has 1 N–H and O–H groups in total. The molecule has 1 saturated heterocycles. The average Bonchev–Trinajstić information content (AvgIpc) is 3.08. The lowest BCUT2D eigenvalue weighted by molar-refractivity contribution is -0.114. The monoisotopic (exact) mass is 523 g/mol. The number of nitrogens with one attached hydrogen (secondary N) is 1. The predicted molar refractivity (Wildman–Crippen MR) is 137 cm³/mol. The first-order valence-corrected chi connectivity index (χ1v) is 14.9. The number of rotatable bonds is 9. The highest BCUT2D eigenvalue weighted by Gasteiger charge is 2.25. The van der Waals surface area contributed by atoms with Gasteiger partial charge in [-0.1, -0.05) is 12.8 Å². The quantitative estimate of drug-likeness (QED) is 0.539. The molecule has 1 aliphatic rings. The fourth-order valence-corrected chi connectivity index (χ4v) is 6.21. The van der Waals surface area contributed by atoms with E-state index in [2.05, 4.69) is 5.32 Å². The number of anilines is 2. The summed E-state index contributed by atoms with van der Waals surface area (Å²) in [6, 6.07) is 12.4. The molecule has 9 nitrogen and oxygen atoms in total. The Hall–Kier alpha value is -2.63. The molecule has 1 aliphatic heterocycles. The highest BCUT2D eigenvalue weighted by molar-refractivity contribution is 7.92. The maximum atomic E-state index is 12.9. The summed E-state index contributed by atoms with van der Waals surface area (Å²) in [6.07, 6.45) is 4.74. The van der Waals surface area contributed by atoms with Gasteiger partial charge in [0.1, 0.15) is 12.3 Å². The van der Waals surface area contributed by atoms with Crippen LogP contribution in [0.2, 0.25) is 0 Å². The van der Waals surface area contributed by atoms with Crippen LogP contribution < -0.4 is 14.4 Å². The van der Waals surface area contributed by atoms with E-state index in [1.165, 1.54) is 28.6 Å². The van der Waals surface area contributed by atoms with Crippen molar-refractivity contribution in [1.29, 1.82) is 0 Å². The van der Waals surface area contributed by atoms with Gasteiger partial charge in [0, 0.05) is 18.8 Å². The van der Waals surface area contributed by atoms with Crippen LogP contribution in [0.5, 0.6) is 5.75 Å². The second-order valence-electron chi connectivity index (χ2n) is 8.82. The van der Waals surface area contributed by atoms with Gasteiger partial charge in [-0.3, -0.25) is 9.10 Å². The second kappa shape index (κ2) is 11.4.